The van der Waals surface area contributed by atoms with Crippen molar-refractivity contribution in [1.82, 2.24) is 0 Å². The number of anilines is 1. The van der Waals surface area contributed by atoms with Gasteiger partial charge in [-0.15, -0.1) is 0 Å². The van der Waals surface area contributed by atoms with Crippen LogP contribution in [0.2, 0.25) is 10.0 Å². The molecule has 2 aromatic rings. The zero-order chi connectivity index (χ0) is 15.9. The third-order valence-electron chi connectivity index (χ3n) is 2.57. The predicted molar refractivity (Wildman–Crippen MR) is 87.3 cm³/mol. The van der Waals surface area contributed by atoms with Crippen LogP contribution in [0, 0.1) is 0 Å². The molecule has 0 fully saturated rings. The van der Waals surface area contributed by atoms with Crippen LogP contribution in [0.5, 0.6) is 5.75 Å². The largest absolute Gasteiger partial charge is 0.482 e. The first kappa shape index (κ1) is 16.1. The van der Waals surface area contributed by atoms with Gasteiger partial charge in [0, 0.05) is 0 Å². The topological polar surface area (TPSA) is 70.9 Å². The molecule has 0 radical (unpaired) electrons. The van der Waals surface area contributed by atoms with Gasteiger partial charge >= 0.3 is 5.97 Å². The van der Waals surface area contributed by atoms with Crippen molar-refractivity contribution in [3.05, 3.63) is 58.1 Å². The van der Waals surface area contributed by atoms with Gasteiger partial charge in [0.15, 0.2) is 6.61 Å². The third kappa shape index (κ3) is 4.95. The Morgan fingerprint density at radius 3 is 2.55 bits per heavy atom. The molecular formula is C15H12Cl2N2O3. The molecule has 0 spiro atoms. The number of carbonyl (C=O) groups is 1. The zero-order valence-corrected chi connectivity index (χ0v) is 12.8. The molecule has 22 heavy (non-hydrogen) atoms. The Hall–Kier alpha value is -2.24. The molecule has 0 aliphatic carbocycles. The van der Waals surface area contributed by atoms with Crippen molar-refractivity contribution in [3.8, 4) is 5.75 Å². The number of halogens is 2. The summed E-state index contributed by atoms with van der Waals surface area (Å²) in [5.74, 6) is -0.534. The first-order valence-electron chi connectivity index (χ1n) is 6.23. The third-order valence-corrected chi connectivity index (χ3v) is 3.31. The van der Waals surface area contributed by atoms with E-state index in [1.54, 1.807) is 48.7 Å². The summed E-state index contributed by atoms with van der Waals surface area (Å²) >= 11 is 11.7. The summed E-state index contributed by atoms with van der Waals surface area (Å²) < 4.78 is 5.03. The van der Waals surface area contributed by atoms with E-state index in [2.05, 4.69) is 10.5 Å². The maximum absolute atomic E-state index is 10.4. The minimum atomic E-state index is -1.02. The van der Waals surface area contributed by atoms with Gasteiger partial charge in [0.2, 0.25) is 0 Å². The molecule has 0 atom stereocenters. The number of benzene rings is 2. The van der Waals surface area contributed by atoms with E-state index in [0.717, 1.165) is 5.56 Å². The van der Waals surface area contributed by atoms with E-state index in [9.17, 15) is 4.79 Å². The number of aliphatic carboxylic acids is 1. The Morgan fingerprint density at radius 2 is 1.91 bits per heavy atom. The average molecular weight is 339 g/mol. The Labute approximate surface area is 137 Å². The predicted octanol–water partition coefficient (Wildman–Crippen LogP) is 3.90. The van der Waals surface area contributed by atoms with E-state index >= 15 is 0 Å². The van der Waals surface area contributed by atoms with Gasteiger partial charge in [0.05, 0.1) is 21.9 Å². The summed E-state index contributed by atoms with van der Waals surface area (Å²) in [4.78, 5) is 10.4. The number of nitrogens with one attached hydrogen (secondary N) is 1. The highest BCUT2D eigenvalue weighted by Gasteiger charge is 1.99. The smallest absolute Gasteiger partial charge is 0.341 e. The second kappa shape index (κ2) is 7.68. The Kier molecular flexibility index (Phi) is 5.63. The lowest BCUT2D eigenvalue weighted by atomic mass is 10.2. The van der Waals surface area contributed by atoms with E-state index < -0.39 is 5.97 Å². The van der Waals surface area contributed by atoms with Gasteiger partial charge in [0.1, 0.15) is 5.75 Å². The van der Waals surface area contributed by atoms with Crippen molar-refractivity contribution in [2.75, 3.05) is 12.0 Å². The normalized spacial score (nSPS) is 10.6. The van der Waals surface area contributed by atoms with Crippen LogP contribution < -0.4 is 10.2 Å². The Balaban J connectivity index is 1.92. The van der Waals surface area contributed by atoms with Crippen molar-refractivity contribution in [3.63, 3.8) is 0 Å². The summed E-state index contributed by atoms with van der Waals surface area (Å²) in [5.41, 5.74) is 4.38. The summed E-state index contributed by atoms with van der Waals surface area (Å²) in [5, 5.41) is 13.5. The Bertz CT molecular complexity index is 688. The van der Waals surface area contributed by atoms with E-state index in [1.165, 1.54) is 0 Å². The van der Waals surface area contributed by atoms with Crippen LogP contribution in [-0.4, -0.2) is 23.9 Å². The molecule has 114 valence electrons. The maximum atomic E-state index is 10.4. The van der Waals surface area contributed by atoms with Gasteiger partial charge in [-0.25, -0.2) is 4.79 Å². The lowest BCUT2D eigenvalue weighted by Crippen LogP contribution is -2.09. The van der Waals surface area contributed by atoms with Crippen molar-refractivity contribution in [2.45, 2.75) is 0 Å². The maximum Gasteiger partial charge on any atom is 0.341 e. The van der Waals surface area contributed by atoms with Gasteiger partial charge in [-0.3, -0.25) is 5.43 Å². The van der Waals surface area contributed by atoms with Gasteiger partial charge in [-0.05, 0) is 48.0 Å². The number of nitrogens with zero attached hydrogens (tertiary/aromatic N) is 1. The zero-order valence-electron chi connectivity index (χ0n) is 11.3. The average Bonchev–Trinajstić information content (AvgIpc) is 2.50. The van der Waals surface area contributed by atoms with Crippen molar-refractivity contribution in [1.29, 1.82) is 0 Å². The second-order valence-corrected chi connectivity index (χ2v) is 5.06. The standard InChI is InChI=1S/C15H12Cl2N2O3/c16-13-6-3-11(7-14(13)17)19-18-8-10-1-4-12(5-2-10)22-9-15(20)21/h1-8,19H,9H2,(H,20,21)/b18-8-. The van der Waals surface area contributed by atoms with Crippen LogP contribution in [0.25, 0.3) is 0 Å². The van der Waals surface area contributed by atoms with Crippen molar-refractivity contribution in [2.24, 2.45) is 5.10 Å². The molecule has 5 nitrogen and oxygen atoms in total. The molecule has 0 unspecified atom stereocenters. The highest BCUT2D eigenvalue weighted by Crippen LogP contribution is 2.24. The summed E-state index contributed by atoms with van der Waals surface area (Å²) in [7, 11) is 0. The molecule has 0 heterocycles. The lowest BCUT2D eigenvalue weighted by molar-refractivity contribution is -0.139. The molecular weight excluding hydrogens is 327 g/mol. The van der Waals surface area contributed by atoms with Crippen LogP contribution in [0.15, 0.2) is 47.6 Å². The van der Waals surface area contributed by atoms with Crippen LogP contribution in [0.3, 0.4) is 0 Å². The minimum Gasteiger partial charge on any atom is -0.482 e. The molecule has 0 aliphatic rings. The van der Waals surface area contributed by atoms with Crippen molar-refractivity contribution < 1.29 is 14.6 Å². The van der Waals surface area contributed by atoms with E-state index in [4.69, 9.17) is 33.0 Å². The Morgan fingerprint density at radius 1 is 1.18 bits per heavy atom. The summed E-state index contributed by atoms with van der Waals surface area (Å²) in [6, 6.07) is 12.0. The number of ether oxygens (including phenoxy) is 1. The van der Waals surface area contributed by atoms with Crippen LogP contribution in [0.4, 0.5) is 5.69 Å². The van der Waals surface area contributed by atoms with E-state index in [1.807, 2.05) is 0 Å². The first-order valence-corrected chi connectivity index (χ1v) is 6.99. The first-order chi connectivity index (χ1) is 10.5. The fourth-order valence-corrected chi connectivity index (χ4v) is 1.84. The molecule has 2 rings (SSSR count). The van der Waals surface area contributed by atoms with Gasteiger partial charge in [-0.2, -0.15) is 5.10 Å². The van der Waals surface area contributed by atoms with Gasteiger partial charge < -0.3 is 9.84 Å². The fourth-order valence-electron chi connectivity index (χ4n) is 1.54. The van der Waals surface area contributed by atoms with Crippen LogP contribution >= 0.6 is 23.2 Å². The molecule has 0 aliphatic heterocycles. The number of carboxylic acids is 1. The van der Waals surface area contributed by atoms with E-state index in [-0.39, 0.29) is 6.61 Å². The molecule has 0 saturated heterocycles. The van der Waals surface area contributed by atoms with Crippen molar-refractivity contribution >= 4 is 41.1 Å². The number of rotatable bonds is 6. The highest BCUT2D eigenvalue weighted by molar-refractivity contribution is 6.42. The molecule has 0 aromatic heterocycles. The minimum absolute atomic E-state index is 0.369. The quantitative estimate of drug-likeness (QED) is 0.618. The fraction of sp³-hybridized carbons (Fsp3) is 0.0667. The number of hydrazone groups is 1. The molecule has 2 N–H and O–H groups in total. The highest BCUT2D eigenvalue weighted by atomic mass is 35.5. The molecule has 7 heteroatoms. The van der Waals surface area contributed by atoms with Crippen LogP contribution in [-0.2, 0) is 4.79 Å². The van der Waals surface area contributed by atoms with Gasteiger partial charge in [0.25, 0.3) is 0 Å². The molecule has 2 aromatic carbocycles. The second-order valence-electron chi connectivity index (χ2n) is 4.25. The van der Waals surface area contributed by atoms with Crippen LogP contribution in [0.1, 0.15) is 5.56 Å². The monoisotopic (exact) mass is 338 g/mol. The SMILES string of the molecule is O=C(O)COc1ccc(/C=N\Nc2ccc(Cl)c(Cl)c2)cc1. The number of hydrogen-bond acceptors (Lipinski definition) is 4. The van der Waals surface area contributed by atoms with E-state index in [0.29, 0.717) is 21.5 Å². The summed E-state index contributed by atoms with van der Waals surface area (Å²) in [6.45, 7) is -0.369. The number of hydrogen-bond donors (Lipinski definition) is 2. The lowest BCUT2D eigenvalue weighted by Gasteiger charge is -2.03. The van der Waals surface area contributed by atoms with Gasteiger partial charge in [-0.1, -0.05) is 23.2 Å². The molecule has 0 amide bonds. The summed E-state index contributed by atoms with van der Waals surface area (Å²) in [6.07, 6.45) is 1.61. The number of carboxylic acid groups (broad SMARTS) is 1. The molecule has 0 bridgehead atoms. The molecule has 0 saturated carbocycles.